The van der Waals surface area contributed by atoms with Crippen LogP contribution in [0.25, 0.3) is 0 Å². The normalized spacial score (nSPS) is 25.4. The fourth-order valence-corrected chi connectivity index (χ4v) is 4.25. The number of aliphatic hydroxyl groups is 1. The minimum atomic E-state index is -0.528. The largest absolute Gasteiger partial charge is 0.450 e. The van der Waals surface area contributed by atoms with Crippen molar-refractivity contribution in [2.45, 2.75) is 63.8 Å². The van der Waals surface area contributed by atoms with Gasteiger partial charge in [-0.15, -0.1) is 0 Å². The molecule has 29 heavy (non-hydrogen) atoms. The average Bonchev–Trinajstić information content (AvgIpc) is 2.75. The minimum Gasteiger partial charge on any atom is -0.450 e. The van der Waals surface area contributed by atoms with Crippen LogP contribution in [0.2, 0.25) is 0 Å². The number of carbonyl (C=O) groups excluding carboxylic acids is 2. The van der Waals surface area contributed by atoms with Crippen LogP contribution in [0.3, 0.4) is 0 Å². The van der Waals surface area contributed by atoms with E-state index in [1.807, 2.05) is 37.3 Å². The highest BCUT2D eigenvalue weighted by molar-refractivity contribution is 5.78. The molecule has 7 heteroatoms. The van der Waals surface area contributed by atoms with Gasteiger partial charge in [-0.1, -0.05) is 30.3 Å². The van der Waals surface area contributed by atoms with Gasteiger partial charge in [0.25, 0.3) is 0 Å². The fourth-order valence-electron chi connectivity index (χ4n) is 4.25. The summed E-state index contributed by atoms with van der Waals surface area (Å²) in [5.74, 6) is -0.119. The molecule has 2 fully saturated rings. The van der Waals surface area contributed by atoms with E-state index in [1.54, 1.807) is 4.90 Å². The standard InChI is InChI=1S/C22H33N3O4/c1-2-29-22(28)25-12-10-18(11-13-25)24-19-9-8-17(14-20(19)26)21(27)23-15-16-6-4-3-5-7-16/h3-7,17-20,24,26H,2,8-15H2,1H3,(H,23,27)/t17-,19-,20-/m0/s1. The van der Waals surface area contributed by atoms with Gasteiger partial charge in [-0.05, 0) is 44.6 Å². The summed E-state index contributed by atoms with van der Waals surface area (Å²) in [5.41, 5.74) is 1.07. The van der Waals surface area contributed by atoms with E-state index in [1.165, 1.54) is 0 Å². The summed E-state index contributed by atoms with van der Waals surface area (Å²) >= 11 is 0. The number of likely N-dealkylation sites (tertiary alicyclic amines) is 1. The second-order valence-electron chi connectivity index (χ2n) is 8.01. The van der Waals surface area contributed by atoms with Crippen LogP contribution < -0.4 is 10.6 Å². The van der Waals surface area contributed by atoms with Crippen LogP contribution in [-0.4, -0.2) is 59.9 Å². The molecular weight excluding hydrogens is 370 g/mol. The summed E-state index contributed by atoms with van der Waals surface area (Å²) in [5, 5.41) is 17.1. The van der Waals surface area contributed by atoms with Crippen LogP contribution in [0.15, 0.2) is 30.3 Å². The molecule has 3 N–H and O–H groups in total. The molecule has 0 radical (unpaired) electrons. The molecule has 1 aromatic carbocycles. The molecule has 1 saturated heterocycles. The van der Waals surface area contributed by atoms with Gasteiger partial charge in [0.1, 0.15) is 0 Å². The lowest BCUT2D eigenvalue weighted by molar-refractivity contribution is -0.127. The molecule has 0 bridgehead atoms. The number of hydrogen-bond donors (Lipinski definition) is 3. The van der Waals surface area contributed by atoms with Crippen LogP contribution in [0.4, 0.5) is 4.79 Å². The van der Waals surface area contributed by atoms with Gasteiger partial charge >= 0.3 is 6.09 Å². The highest BCUT2D eigenvalue weighted by atomic mass is 16.6. The predicted octanol–water partition coefficient (Wildman–Crippen LogP) is 2.04. The molecule has 1 aromatic rings. The third kappa shape index (κ3) is 6.18. The zero-order valence-corrected chi connectivity index (χ0v) is 17.2. The van der Waals surface area contributed by atoms with Gasteiger partial charge in [0, 0.05) is 37.6 Å². The molecule has 3 atom stereocenters. The van der Waals surface area contributed by atoms with E-state index < -0.39 is 6.10 Å². The second kappa shape index (κ2) is 10.6. The summed E-state index contributed by atoms with van der Waals surface area (Å²) in [7, 11) is 0. The molecule has 1 saturated carbocycles. The van der Waals surface area contributed by atoms with Crippen molar-refractivity contribution in [2.24, 2.45) is 5.92 Å². The Morgan fingerprint density at radius 1 is 1.14 bits per heavy atom. The number of carbonyl (C=O) groups is 2. The van der Waals surface area contributed by atoms with Crippen molar-refractivity contribution in [1.82, 2.24) is 15.5 Å². The Hall–Kier alpha value is -2.12. The van der Waals surface area contributed by atoms with E-state index in [4.69, 9.17) is 4.74 Å². The van der Waals surface area contributed by atoms with E-state index >= 15 is 0 Å². The van der Waals surface area contributed by atoms with Crippen molar-refractivity contribution in [2.75, 3.05) is 19.7 Å². The Balaban J connectivity index is 1.39. The molecule has 0 spiro atoms. The number of hydrogen-bond acceptors (Lipinski definition) is 5. The Labute approximate surface area is 172 Å². The van der Waals surface area contributed by atoms with Gasteiger partial charge in [-0.25, -0.2) is 4.79 Å². The van der Waals surface area contributed by atoms with Crippen molar-refractivity contribution in [3.05, 3.63) is 35.9 Å². The third-order valence-electron chi connectivity index (χ3n) is 5.97. The summed E-state index contributed by atoms with van der Waals surface area (Å²) in [6, 6.07) is 10.1. The third-order valence-corrected chi connectivity index (χ3v) is 5.97. The van der Waals surface area contributed by atoms with Crippen LogP contribution >= 0.6 is 0 Å². The van der Waals surface area contributed by atoms with E-state index in [2.05, 4.69) is 10.6 Å². The summed E-state index contributed by atoms with van der Waals surface area (Å²) in [6.07, 6.45) is 2.97. The summed E-state index contributed by atoms with van der Waals surface area (Å²) < 4.78 is 5.05. The number of amides is 2. The number of piperidine rings is 1. The number of aliphatic hydroxyl groups excluding tert-OH is 1. The van der Waals surface area contributed by atoms with Gasteiger partial charge in [-0.3, -0.25) is 4.79 Å². The first-order valence-electron chi connectivity index (χ1n) is 10.7. The highest BCUT2D eigenvalue weighted by Gasteiger charge is 2.34. The predicted molar refractivity (Wildman–Crippen MR) is 110 cm³/mol. The van der Waals surface area contributed by atoms with Crippen LogP contribution in [0.1, 0.15) is 44.6 Å². The van der Waals surface area contributed by atoms with Crippen molar-refractivity contribution in [3.8, 4) is 0 Å². The van der Waals surface area contributed by atoms with Crippen LogP contribution in [0, 0.1) is 5.92 Å². The maximum absolute atomic E-state index is 12.5. The van der Waals surface area contributed by atoms with E-state index in [0.717, 1.165) is 31.2 Å². The second-order valence-corrected chi connectivity index (χ2v) is 8.01. The van der Waals surface area contributed by atoms with Crippen molar-refractivity contribution >= 4 is 12.0 Å². The number of rotatable bonds is 6. The van der Waals surface area contributed by atoms with E-state index in [-0.39, 0.29) is 30.0 Å². The Bertz CT molecular complexity index is 661. The van der Waals surface area contributed by atoms with Gasteiger partial charge in [-0.2, -0.15) is 0 Å². The maximum Gasteiger partial charge on any atom is 0.409 e. The van der Waals surface area contributed by atoms with Crippen LogP contribution in [0.5, 0.6) is 0 Å². The number of nitrogens with zero attached hydrogens (tertiary/aromatic N) is 1. The molecule has 0 aromatic heterocycles. The first-order valence-corrected chi connectivity index (χ1v) is 10.7. The van der Waals surface area contributed by atoms with Gasteiger partial charge < -0.3 is 25.4 Å². The number of nitrogens with one attached hydrogen (secondary N) is 2. The molecule has 3 rings (SSSR count). The lowest BCUT2D eigenvalue weighted by atomic mass is 9.82. The molecule has 1 heterocycles. The van der Waals surface area contributed by atoms with E-state index in [0.29, 0.717) is 32.7 Å². The van der Waals surface area contributed by atoms with Crippen molar-refractivity contribution < 1.29 is 19.4 Å². The zero-order valence-electron chi connectivity index (χ0n) is 17.2. The Kier molecular flexibility index (Phi) is 7.89. The monoisotopic (exact) mass is 403 g/mol. The van der Waals surface area contributed by atoms with Crippen LogP contribution in [-0.2, 0) is 16.1 Å². The molecular formula is C22H33N3O4. The molecule has 2 amide bonds. The quantitative estimate of drug-likeness (QED) is 0.676. The number of ether oxygens (including phenoxy) is 1. The smallest absolute Gasteiger partial charge is 0.409 e. The zero-order chi connectivity index (χ0) is 20.6. The molecule has 160 valence electrons. The minimum absolute atomic E-state index is 0.00677. The topological polar surface area (TPSA) is 90.9 Å². The number of benzene rings is 1. The van der Waals surface area contributed by atoms with Gasteiger partial charge in [0.2, 0.25) is 5.91 Å². The summed E-state index contributed by atoms with van der Waals surface area (Å²) in [4.78, 5) is 26.0. The molecule has 2 aliphatic rings. The first-order chi connectivity index (χ1) is 14.1. The molecule has 1 aliphatic heterocycles. The van der Waals surface area contributed by atoms with E-state index in [9.17, 15) is 14.7 Å². The fraction of sp³-hybridized carbons (Fsp3) is 0.636. The first kappa shape index (κ1) is 21.6. The molecule has 1 aliphatic carbocycles. The van der Waals surface area contributed by atoms with Crippen molar-refractivity contribution in [3.63, 3.8) is 0 Å². The molecule has 0 unspecified atom stereocenters. The lowest BCUT2D eigenvalue weighted by Crippen LogP contribution is -2.53. The molecule has 7 nitrogen and oxygen atoms in total. The van der Waals surface area contributed by atoms with Gasteiger partial charge in [0.05, 0.1) is 12.7 Å². The SMILES string of the molecule is CCOC(=O)N1CCC(N[C@H]2CC[C@H](C(=O)NCc3ccccc3)C[C@@H]2O)CC1. The Morgan fingerprint density at radius 3 is 2.52 bits per heavy atom. The average molecular weight is 404 g/mol. The van der Waals surface area contributed by atoms with Gasteiger partial charge in [0.15, 0.2) is 0 Å². The van der Waals surface area contributed by atoms with Crippen molar-refractivity contribution in [1.29, 1.82) is 0 Å². The summed E-state index contributed by atoms with van der Waals surface area (Å²) in [6.45, 7) is 4.07. The highest BCUT2D eigenvalue weighted by Crippen LogP contribution is 2.26. The maximum atomic E-state index is 12.5. The lowest BCUT2D eigenvalue weighted by Gasteiger charge is -2.38. The Morgan fingerprint density at radius 2 is 1.86 bits per heavy atom.